The number of carbonyl (C=O) groups is 2. The summed E-state index contributed by atoms with van der Waals surface area (Å²) in [7, 11) is -4.38. The van der Waals surface area contributed by atoms with Crippen LogP contribution in [0.3, 0.4) is 0 Å². The first kappa shape index (κ1) is 29.8. The maximum Gasteiger partial charge on any atom is 0.264 e. The summed E-state index contributed by atoms with van der Waals surface area (Å²) < 4.78 is 56.6. The highest BCUT2D eigenvalue weighted by molar-refractivity contribution is 7.92. The number of sulfonamides is 1. The van der Waals surface area contributed by atoms with Crippen LogP contribution in [0.15, 0.2) is 77.7 Å². The van der Waals surface area contributed by atoms with Crippen LogP contribution in [0.5, 0.6) is 0 Å². The van der Waals surface area contributed by atoms with Crippen molar-refractivity contribution in [2.45, 2.75) is 57.6 Å². The topological polar surface area (TPSA) is 86.8 Å². The van der Waals surface area contributed by atoms with Crippen molar-refractivity contribution in [2.75, 3.05) is 10.8 Å². The van der Waals surface area contributed by atoms with Gasteiger partial charge in [-0.25, -0.2) is 17.2 Å². The van der Waals surface area contributed by atoms with Crippen molar-refractivity contribution in [1.29, 1.82) is 0 Å². The SMILES string of the molecule is Cc1ccc(S(=O)(=O)N(CC(=O)N(Cc2ccc(F)cc2)C(C)C(=O)NC(C)(C)C)c2ccccc2F)cc1. The van der Waals surface area contributed by atoms with E-state index in [9.17, 15) is 26.8 Å². The van der Waals surface area contributed by atoms with Crippen molar-refractivity contribution in [3.05, 3.63) is 95.6 Å². The van der Waals surface area contributed by atoms with E-state index >= 15 is 0 Å². The highest BCUT2D eigenvalue weighted by Gasteiger charge is 2.34. The van der Waals surface area contributed by atoms with E-state index in [1.165, 1.54) is 66.4 Å². The van der Waals surface area contributed by atoms with E-state index in [1.54, 1.807) is 39.8 Å². The third kappa shape index (κ3) is 7.63. The largest absolute Gasteiger partial charge is 0.350 e. The lowest BCUT2D eigenvalue weighted by Gasteiger charge is -2.33. The molecule has 0 radical (unpaired) electrons. The number of benzene rings is 3. The summed E-state index contributed by atoms with van der Waals surface area (Å²) in [6, 6.07) is 15.6. The Hall–Kier alpha value is -3.79. The molecule has 1 unspecified atom stereocenters. The number of hydrogen-bond donors (Lipinski definition) is 1. The number of carbonyl (C=O) groups excluding carboxylic acids is 2. The van der Waals surface area contributed by atoms with Crippen LogP contribution in [0, 0.1) is 18.6 Å². The number of hydrogen-bond acceptors (Lipinski definition) is 4. The van der Waals surface area contributed by atoms with Crippen LogP contribution in [0.4, 0.5) is 14.5 Å². The van der Waals surface area contributed by atoms with Crippen LogP contribution in [0.2, 0.25) is 0 Å². The van der Waals surface area contributed by atoms with Crippen LogP contribution in [0.1, 0.15) is 38.8 Å². The van der Waals surface area contributed by atoms with Crippen LogP contribution in [0.25, 0.3) is 0 Å². The van der Waals surface area contributed by atoms with E-state index in [-0.39, 0.29) is 17.1 Å². The number of halogens is 2. The monoisotopic (exact) mass is 557 g/mol. The molecule has 0 saturated heterocycles. The Labute approximate surface area is 228 Å². The maximum absolute atomic E-state index is 14.9. The molecule has 3 rings (SSSR count). The molecule has 0 spiro atoms. The lowest BCUT2D eigenvalue weighted by atomic mass is 10.1. The van der Waals surface area contributed by atoms with Gasteiger partial charge in [-0.05, 0) is 76.6 Å². The molecule has 0 saturated carbocycles. The van der Waals surface area contributed by atoms with Gasteiger partial charge in [0.2, 0.25) is 11.8 Å². The molecule has 1 N–H and O–H groups in total. The quantitative estimate of drug-likeness (QED) is 0.410. The molecule has 208 valence electrons. The molecular formula is C29H33F2N3O4S. The normalized spacial score (nSPS) is 12.5. The molecule has 0 bridgehead atoms. The summed E-state index contributed by atoms with van der Waals surface area (Å²) in [4.78, 5) is 27.9. The van der Waals surface area contributed by atoms with Crippen molar-refractivity contribution in [3.63, 3.8) is 0 Å². The van der Waals surface area contributed by atoms with Gasteiger partial charge >= 0.3 is 0 Å². The van der Waals surface area contributed by atoms with E-state index in [0.717, 1.165) is 11.6 Å². The molecule has 39 heavy (non-hydrogen) atoms. The fourth-order valence-electron chi connectivity index (χ4n) is 3.85. The van der Waals surface area contributed by atoms with E-state index in [1.807, 2.05) is 0 Å². The molecular weight excluding hydrogens is 524 g/mol. The number of para-hydroxylation sites is 1. The molecule has 7 nitrogen and oxygen atoms in total. The van der Waals surface area contributed by atoms with Crippen LogP contribution in [-0.4, -0.2) is 43.3 Å². The molecule has 10 heteroatoms. The van der Waals surface area contributed by atoms with Crippen molar-refractivity contribution in [1.82, 2.24) is 10.2 Å². The zero-order valence-corrected chi connectivity index (χ0v) is 23.4. The Morgan fingerprint density at radius 3 is 2.08 bits per heavy atom. The van der Waals surface area contributed by atoms with Gasteiger partial charge in [0.1, 0.15) is 24.2 Å². The van der Waals surface area contributed by atoms with E-state index in [4.69, 9.17) is 0 Å². The van der Waals surface area contributed by atoms with Gasteiger partial charge < -0.3 is 10.2 Å². The third-order valence-corrected chi connectivity index (χ3v) is 7.71. The van der Waals surface area contributed by atoms with Gasteiger partial charge in [-0.2, -0.15) is 0 Å². The minimum absolute atomic E-state index is 0.104. The number of amides is 2. The molecule has 0 heterocycles. The smallest absolute Gasteiger partial charge is 0.264 e. The summed E-state index contributed by atoms with van der Waals surface area (Å²) in [5.74, 6) is -2.50. The van der Waals surface area contributed by atoms with Crippen LogP contribution in [-0.2, 0) is 26.2 Å². The van der Waals surface area contributed by atoms with Crippen molar-refractivity contribution in [3.8, 4) is 0 Å². The van der Waals surface area contributed by atoms with Gasteiger partial charge in [0.05, 0.1) is 10.6 Å². The minimum Gasteiger partial charge on any atom is -0.350 e. The summed E-state index contributed by atoms with van der Waals surface area (Å²) in [5, 5.41) is 2.82. The van der Waals surface area contributed by atoms with Gasteiger partial charge in [0.15, 0.2) is 0 Å². The number of anilines is 1. The summed E-state index contributed by atoms with van der Waals surface area (Å²) in [5.41, 5.74) is 0.453. The highest BCUT2D eigenvalue weighted by Crippen LogP contribution is 2.27. The predicted octanol–water partition coefficient (Wildman–Crippen LogP) is 4.80. The number of nitrogens with one attached hydrogen (secondary N) is 1. The lowest BCUT2D eigenvalue weighted by Crippen LogP contribution is -2.54. The maximum atomic E-state index is 14.9. The average molecular weight is 558 g/mol. The molecule has 0 aliphatic rings. The summed E-state index contributed by atoms with van der Waals surface area (Å²) >= 11 is 0. The first-order valence-corrected chi connectivity index (χ1v) is 13.8. The second-order valence-corrected chi connectivity index (χ2v) is 12.2. The number of aryl methyl sites for hydroxylation is 1. The molecule has 3 aromatic rings. The first-order valence-electron chi connectivity index (χ1n) is 12.4. The van der Waals surface area contributed by atoms with Gasteiger partial charge in [-0.3, -0.25) is 13.9 Å². The van der Waals surface area contributed by atoms with E-state index in [0.29, 0.717) is 9.87 Å². The molecule has 0 fully saturated rings. The van der Waals surface area contributed by atoms with Crippen molar-refractivity contribution < 1.29 is 26.8 Å². The standard InChI is InChI=1S/C29H33F2N3O4S/c1-20-10-16-24(17-11-20)39(37,38)34(26-9-7-6-8-25(26)31)19-27(35)33(18-22-12-14-23(30)15-13-22)21(2)28(36)32-29(3,4)5/h6-17,21H,18-19H2,1-5H3,(H,32,36). The van der Waals surface area contributed by atoms with Gasteiger partial charge in [-0.1, -0.05) is 42.0 Å². The van der Waals surface area contributed by atoms with Crippen LogP contribution < -0.4 is 9.62 Å². The minimum atomic E-state index is -4.38. The first-order chi connectivity index (χ1) is 18.2. The van der Waals surface area contributed by atoms with Gasteiger partial charge in [0, 0.05) is 12.1 Å². The van der Waals surface area contributed by atoms with E-state index < -0.39 is 51.6 Å². The fourth-order valence-corrected chi connectivity index (χ4v) is 5.27. The molecule has 0 aliphatic heterocycles. The van der Waals surface area contributed by atoms with Crippen molar-refractivity contribution >= 4 is 27.5 Å². The predicted molar refractivity (Wildman–Crippen MR) is 146 cm³/mol. The second kappa shape index (κ2) is 11.9. The van der Waals surface area contributed by atoms with Crippen LogP contribution >= 0.6 is 0 Å². The fraction of sp³-hybridized carbons (Fsp3) is 0.310. The molecule has 3 aromatic carbocycles. The zero-order valence-electron chi connectivity index (χ0n) is 22.6. The molecule has 1 atom stereocenters. The lowest BCUT2D eigenvalue weighted by molar-refractivity contribution is -0.140. The summed E-state index contributed by atoms with van der Waals surface area (Å²) in [6.07, 6.45) is 0. The number of rotatable bonds is 9. The zero-order chi connectivity index (χ0) is 29.0. The Morgan fingerprint density at radius 2 is 1.51 bits per heavy atom. The second-order valence-electron chi connectivity index (χ2n) is 10.3. The Balaban J connectivity index is 2.04. The Bertz CT molecular complexity index is 1420. The molecule has 0 aromatic heterocycles. The molecule has 0 aliphatic carbocycles. The Morgan fingerprint density at radius 1 is 0.923 bits per heavy atom. The Kier molecular flexibility index (Phi) is 9.11. The third-order valence-electron chi connectivity index (χ3n) is 5.94. The van der Waals surface area contributed by atoms with Gasteiger partial charge in [0.25, 0.3) is 10.0 Å². The average Bonchev–Trinajstić information content (AvgIpc) is 2.86. The van der Waals surface area contributed by atoms with Gasteiger partial charge in [-0.15, -0.1) is 0 Å². The van der Waals surface area contributed by atoms with E-state index in [2.05, 4.69) is 5.32 Å². The van der Waals surface area contributed by atoms with Crippen molar-refractivity contribution in [2.24, 2.45) is 0 Å². The number of nitrogens with zero attached hydrogens (tertiary/aromatic N) is 2. The highest BCUT2D eigenvalue weighted by atomic mass is 32.2. The summed E-state index contributed by atoms with van der Waals surface area (Å²) in [6.45, 7) is 7.81. The molecule has 2 amide bonds.